The van der Waals surface area contributed by atoms with Gasteiger partial charge in [-0.2, -0.15) is 0 Å². The van der Waals surface area contributed by atoms with Crippen LogP contribution in [-0.4, -0.2) is 0 Å². The molecule has 0 bridgehead atoms. The van der Waals surface area contributed by atoms with Crippen LogP contribution in [0.3, 0.4) is 0 Å². The molecule has 0 N–H and O–H groups in total. The third-order valence-corrected chi connectivity index (χ3v) is 11.5. The zero-order valence-corrected chi connectivity index (χ0v) is 28.3. The van der Waals surface area contributed by atoms with E-state index in [1.807, 2.05) is 0 Å². The first-order valence-corrected chi connectivity index (χ1v) is 17.3. The Hall–Kier alpha value is -5.66. The van der Waals surface area contributed by atoms with Gasteiger partial charge >= 0.3 is 0 Å². The van der Waals surface area contributed by atoms with Crippen molar-refractivity contribution in [1.82, 2.24) is 0 Å². The second kappa shape index (κ2) is 9.94. The van der Waals surface area contributed by atoms with Crippen LogP contribution in [0.2, 0.25) is 0 Å². The van der Waals surface area contributed by atoms with Crippen LogP contribution in [0.5, 0.6) is 11.5 Å². The fraction of sp³-hybridized carbons (Fsp3) is 0.125. The van der Waals surface area contributed by atoms with Gasteiger partial charge in [0.15, 0.2) is 0 Å². The standard InChI is InChI=1S/C48H36O/c1-47(2)41-15-9-7-13-35(41)37-21-17-31(27-43(37)47)29-19-23-45-39(25-29)33-11-5-6-12-34(33)40-26-30(20-24-46(40)49-45)32-18-22-38-36-14-8-10-16-42(36)48(3,4)44(38)28-32/h5-28H,1-4H3. The molecule has 1 heterocycles. The van der Waals surface area contributed by atoms with Gasteiger partial charge < -0.3 is 4.74 Å². The van der Waals surface area contributed by atoms with Crippen LogP contribution in [0.25, 0.3) is 66.8 Å². The minimum Gasteiger partial charge on any atom is -0.456 e. The van der Waals surface area contributed by atoms with Crippen molar-refractivity contribution in [2.45, 2.75) is 38.5 Å². The molecule has 3 aliphatic rings. The van der Waals surface area contributed by atoms with Crippen molar-refractivity contribution < 1.29 is 4.74 Å². The molecule has 0 saturated carbocycles. The minimum atomic E-state index is -0.0404. The van der Waals surface area contributed by atoms with E-state index >= 15 is 0 Å². The fourth-order valence-electron chi connectivity index (χ4n) is 8.86. The van der Waals surface area contributed by atoms with Gasteiger partial charge in [-0.25, -0.2) is 0 Å². The molecule has 2 aliphatic carbocycles. The van der Waals surface area contributed by atoms with Crippen molar-refractivity contribution in [1.29, 1.82) is 0 Å². The summed E-state index contributed by atoms with van der Waals surface area (Å²) in [5, 5.41) is 0. The molecule has 0 unspecified atom stereocenters. The van der Waals surface area contributed by atoms with Crippen molar-refractivity contribution in [3.05, 3.63) is 168 Å². The number of ether oxygens (including phenoxy) is 1. The number of fused-ring (bicyclic) bond motifs is 11. The highest BCUT2D eigenvalue weighted by Crippen LogP contribution is 2.53. The third-order valence-electron chi connectivity index (χ3n) is 11.5. The van der Waals surface area contributed by atoms with Gasteiger partial charge in [-0.3, -0.25) is 0 Å². The second-order valence-corrected chi connectivity index (χ2v) is 14.9. The van der Waals surface area contributed by atoms with Gasteiger partial charge in [0.1, 0.15) is 11.5 Å². The number of benzene rings is 7. The lowest BCUT2D eigenvalue weighted by Crippen LogP contribution is -2.14. The third kappa shape index (κ3) is 3.99. The van der Waals surface area contributed by atoms with Gasteiger partial charge in [-0.05, 0) is 114 Å². The molecule has 1 nitrogen and oxygen atoms in total. The van der Waals surface area contributed by atoms with Crippen LogP contribution >= 0.6 is 0 Å². The predicted octanol–water partition coefficient (Wildman–Crippen LogP) is 13.1. The van der Waals surface area contributed by atoms with Crippen molar-refractivity contribution >= 4 is 0 Å². The molecule has 7 aromatic carbocycles. The van der Waals surface area contributed by atoms with E-state index in [1.165, 1.54) is 77.9 Å². The highest BCUT2D eigenvalue weighted by molar-refractivity contribution is 5.94. The lowest BCUT2D eigenvalue weighted by atomic mass is 9.81. The Kier molecular flexibility index (Phi) is 5.75. The van der Waals surface area contributed by atoms with Crippen molar-refractivity contribution in [3.63, 3.8) is 0 Å². The molecule has 1 aliphatic heterocycles. The van der Waals surface area contributed by atoms with Gasteiger partial charge in [0.25, 0.3) is 0 Å². The molecule has 0 saturated heterocycles. The Labute approximate surface area is 288 Å². The normalized spacial score (nSPS) is 15.0. The van der Waals surface area contributed by atoms with Crippen molar-refractivity contribution in [2.24, 2.45) is 0 Å². The van der Waals surface area contributed by atoms with Crippen LogP contribution in [0.4, 0.5) is 0 Å². The summed E-state index contributed by atoms with van der Waals surface area (Å²) in [6.45, 7) is 9.38. The summed E-state index contributed by atoms with van der Waals surface area (Å²) in [7, 11) is 0. The average Bonchev–Trinajstić information content (AvgIpc) is 3.44. The Bertz CT molecular complexity index is 2350. The molecule has 0 aromatic heterocycles. The number of hydrogen-bond acceptors (Lipinski definition) is 1. The van der Waals surface area contributed by atoms with Gasteiger partial charge in [-0.1, -0.05) is 137 Å². The summed E-state index contributed by atoms with van der Waals surface area (Å²) in [6.07, 6.45) is 0. The molecule has 0 amide bonds. The van der Waals surface area contributed by atoms with Crippen molar-refractivity contribution in [3.8, 4) is 78.3 Å². The van der Waals surface area contributed by atoms with Gasteiger partial charge in [-0.15, -0.1) is 0 Å². The zero-order chi connectivity index (χ0) is 33.1. The summed E-state index contributed by atoms with van der Waals surface area (Å²) in [5.41, 5.74) is 20.3. The molecule has 0 fully saturated rings. The van der Waals surface area contributed by atoms with Gasteiger partial charge in [0, 0.05) is 22.0 Å². The molecule has 7 aromatic rings. The molecular weight excluding hydrogens is 593 g/mol. The smallest absolute Gasteiger partial charge is 0.135 e. The first-order chi connectivity index (χ1) is 23.8. The largest absolute Gasteiger partial charge is 0.456 e. The summed E-state index contributed by atoms with van der Waals surface area (Å²) >= 11 is 0. The summed E-state index contributed by atoms with van der Waals surface area (Å²) in [6, 6.07) is 53.8. The molecule has 1 heteroatoms. The van der Waals surface area contributed by atoms with E-state index in [4.69, 9.17) is 4.74 Å². The first kappa shape index (κ1) is 28.4. The monoisotopic (exact) mass is 628 g/mol. The maximum atomic E-state index is 6.77. The maximum absolute atomic E-state index is 6.77. The highest BCUT2D eigenvalue weighted by Gasteiger charge is 2.36. The molecule has 0 spiro atoms. The van der Waals surface area contributed by atoms with Crippen LogP contribution in [-0.2, 0) is 10.8 Å². The van der Waals surface area contributed by atoms with E-state index in [0.717, 1.165) is 22.6 Å². The highest BCUT2D eigenvalue weighted by atomic mass is 16.5. The Balaban J connectivity index is 1.06. The Morgan fingerprint density at radius 3 is 1.10 bits per heavy atom. The summed E-state index contributed by atoms with van der Waals surface area (Å²) in [4.78, 5) is 0. The Morgan fingerprint density at radius 2 is 0.653 bits per heavy atom. The van der Waals surface area contributed by atoms with E-state index in [-0.39, 0.29) is 10.8 Å². The molecule has 49 heavy (non-hydrogen) atoms. The van der Waals surface area contributed by atoms with E-state index < -0.39 is 0 Å². The topological polar surface area (TPSA) is 9.23 Å². The molecule has 0 atom stereocenters. The minimum absolute atomic E-state index is 0.0404. The van der Waals surface area contributed by atoms with Crippen LogP contribution in [0.15, 0.2) is 146 Å². The lowest BCUT2D eigenvalue weighted by molar-refractivity contribution is 0.488. The molecule has 10 rings (SSSR count). The van der Waals surface area contributed by atoms with Crippen LogP contribution in [0, 0.1) is 0 Å². The SMILES string of the molecule is CC1(C)c2ccccc2-c2ccc(-c3ccc4c(c3)-c3ccccc3-c3cc(-c5ccc6c(c5)C(C)(C)c5ccccc5-6)ccc3O4)cc21. The van der Waals surface area contributed by atoms with Gasteiger partial charge in [0.2, 0.25) is 0 Å². The zero-order valence-electron chi connectivity index (χ0n) is 28.3. The van der Waals surface area contributed by atoms with Crippen LogP contribution in [0.1, 0.15) is 49.9 Å². The van der Waals surface area contributed by atoms with Gasteiger partial charge in [0.05, 0.1) is 0 Å². The average molecular weight is 629 g/mol. The van der Waals surface area contributed by atoms with E-state index in [0.29, 0.717) is 0 Å². The predicted molar refractivity (Wildman–Crippen MR) is 203 cm³/mol. The fourth-order valence-corrected chi connectivity index (χ4v) is 8.86. The van der Waals surface area contributed by atoms with E-state index in [2.05, 4.69) is 173 Å². The maximum Gasteiger partial charge on any atom is 0.135 e. The second-order valence-electron chi connectivity index (χ2n) is 14.9. The van der Waals surface area contributed by atoms with E-state index in [9.17, 15) is 0 Å². The quantitative estimate of drug-likeness (QED) is 0.185. The molecule has 0 radical (unpaired) electrons. The van der Waals surface area contributed by atoms with Crippen LogP contribution < -0.4 is 4.74 Å². The van der Waals surface area contributed by atoms with Crippen molar-refractivity contribution in [2.75, 3.05) is 0 Å². The summed E-state index contributed by atoms with van der Waals surface area (Å²) < 4.78 is 6.77. The number of rotatable bonds is 2. The van der Waals surface area contributed by atoms with E-state index in [1.54, 1.807) is 0 Å². The molecule has 234 valence electrons. The summed E-state index contributed by atoms with van der Waals surface area (Å²) in [5.74, 6) is 1.77. The number of hydrogen-bond donors (Lipinski definition) is 0. The lowest BCUT2D eigenvalue weighted by Gasteiger charge is -2.22. The Morgan fingerprint density at radius 1 is 0.306 bits per heavy atom. The first-order valence-electron chi connectivity index (χ1n) is 17.3. The molecular formula is C48H36O.